The zero-order valence-electron chi connectivity index (χ0n) is 2.83. The SMILES string of the molecule is Sc1csnn1.[NaH]. The van der Waals surface area contributed by atoms with Crippen LogP contribution in [-0.2, 0) is 0 Å². The van der Waals surface area contributed by atoms with Gasteiger partial charge in [-0.05, 0) is 11.5 Å². The van der Waals surface area contributed by atoms with Crippen LogP contribution >= 0.6 is 24.2 Å². The predicted molar refractivity (Wildman–Crippen MR) is 34.3 cm³/mol. The van der Waals surface area contributed by atoms with Gasteiger partial charge in [0, 0.05) is 5.38 Å². The van der Waals surface area contributed by atoms with Crippen LogP contribution < -0.4 is 0 Å². The second-order valence-corrected chi connectivity index (χ2v) is 1.83. The maximum absolute atomic E-state index is 3.87. The zero-order valence-corrected chi connectivity index (χ0v) is 4.54. The molecule has 0 saturated carbocycles. The summed E-state index contributed by atoms with van der Waals surface area (Å²) in [5.74, 6) is 0. The van der Waals surface area contributed by atoms with Crippen molar-refractivity contribution in [3.05, 3.63) is 5.38 Å². The third-order valence-electron chi connectivity index (χ3n) is 0.349. The zero-order chi connectivity index (χ0) is 4.41. The molecule has 0 spiro atoms. The van der Waals surface area contributed by atoms with Gasteiger partial charge in [-0.1, -0.05) is 4.49 Å². The first-order chi connectivity index (χ1) is 2.89. The molecule has 1 aromatic rings. The van der Waals surface area contributed by atoms with Crippen LogP contribution in [0.25, 0.3) is 0 Å². The summed E-state index contributed by atoms with van der Waals surface area (Å²) >= 11 is 5.17. The van der Waals surface area contributed by atoms with Gasteiger partial charge in [-0.2, -0.15) is 0 Å². The van der Waals surface area contributed by atoms with E-state index >= 15 is 0 Å². The molecule has 7 heavy (non-hydrogen) atoms. The molecule has 0 amide bonds. The molecular formula is C2H3N2NaS2. The summed E-state index contributed by atoms with van der Waals surface area (Å²) < 4.78 is 3.54. The molecule has 5 heteroatoms. The fraction of sp³-hybridized carbons (Fsp3) is 0. The van der Waals surface area contributed by atoms with Crippen LogP contribution in [0, 0.1) is 0 Å². The number of hydrogen-bond donors (Lipinski definition) is 1. The Labute approximate surface area is 73.2 Å². The van der Waals surface area contributed by atoms with E-state index in [2.05, 4.69) is 22.2 Å². The van der Waals surface area contributed by atoms with Gasteiger partial charge in [-0.25, -0.2) is 0 Å². The molecule has 34 valence electrons. The summed E-state index contributed by atoms with van der Waals surface area (Å²) in [5.41, 5.74) is 0. The second-order valence-electron chi connectivity index (χ2n) is 0.763. The van der Waals surface area contributed by atoms with Gasteiger partial charge >= 0.3 is 29.6 Å². The third-order valence-corrected chi connectivity index (χ3v) is 1.25. The number of thiol groups is 1. The van der Waals surface area contributed by atoms with E-state index in [1.807, 2.05) is 0 Å². The van der Waals surface area contributed by atoms with Crippen molar-refractivity contribution in [1.82, 2.24) is 9.59 Å². The summed E-state index contributed by atoms with van der Waals surface area (Å²) in [6.45, 7) is 0. The summed E-state index contributed by atoms with van der Waals surface area (Å²) in [5, 5.41) is 6.01. The van der Waals surface area contributed by atoms with Crippen LogP contribution in [0.5, 0.6) is 0 Å². The Morgan fingerprint density at radius 1 is 1.71 bits per heavy atom. The fourth-order valence-electron chi connectivity index (χ4n) is 0.160. The Morgan fingerprint density at radius 3 is 2.57 bits per heavy atom. The normalized spacial score (nSPS) is 7.57. The van der Waals surface area contributed by atoms with Gasteiger partial charge < -0.3 is 0 Å². The molecule has 0 bridgehead atoms. The van der Waals surface area contributed by atoms with E-state index in [0.29, 0.717) is 5.03 Å². The minimum absolute atomic E-state index is 0. The van der Waals surface area contributed by atoms with Crippen molar-refractivity contribution in [3.8, 4) is 0 Å². The van der Waals surface area contributed by atoms with E-state index in [1.54, 1.807) is 5.38 Å². The van der Waals surface area contributed by atoms with Gasteiger partial charge in [-0.15, -0.1) is 17.7 Å². The summed E-state index contributed by atoms with van der Waals surface area (Å²) in [7, 11) is 0. The first kappa shape index (κ1) is 7.91. The number of aromatic nitrogens is 2. The molecule has 0 fully saturated rings. The average Bonchev–Trinajstić information content (AvgIpc) is 1.86. The predicted octanol–water partition coefficient (Wildman–Crippen LogP) is 0.178. The van der Waals surface area contributed by atoms with Crippen molar-refractivity contribution in [2.45, 2.75) is 5.03 Å². The van der Waals surface area contributed by atoms with E-state index in [9.17, 15) is 0 Å². The molecule has 0 aliphatic carbocycles. The van der Waals surface area contributed by atoms with Gasteiger partial charge in [0.2, 0.25) is 0 Å². The van der Waals surface area contributed by atoms with Crippen molar-refractivity contribution in [2.75, 3.05) is 0 Å². The quantitative estimate of drug-likeness (QED) is 0.413. The Kier molecular flexibility index (Phi) is 4.36. The molecule has 0 unspecified atom stereocenters. The van der Waals surface area contributed by atoms with E-state index in [1.165, 1.54) is 11.5 Å². The minimum atomic E-state index is 0. The molecule has 0 radical (unpaired) electrons. The first-order valence-corrected chi connectivity index (χ1v) is 2.64. The molecule has 1 rings (SSSR count). The van der Waals surface area contributed by atoms with Crippen molar-refractivity contribution >= 4 is 53.7 Å². The average molecular weight is 142 g/mol. The summed E-state index contributed by atoms with van der Waals surface area (Å²) in [6, 6.07) is 0. The van der Waals surface area contributed by atoms with Crippen molar-refractivity contribution in [1.29, 1.82) is 0 Å². The number of rotatable bonds is 0. The first-order valence-electron chi connectivity index (χ1n) is 1.35. The van der Waals surface area contributed by atoms with Gasteiger partial charge in [0.1, 0.15) is 5.03 Å². The molecule has 1 aromatic heterocycles. The van der Waals surface area contributed by atoms with Crippen molar-refractivity contribution in [3.63, 3.8) is 0 Å². The molecular weight excluding hydrogens is 139 g/mol. The van der Waals surface area contributed by atoms with E-state index in [4.69, 9.17) is 0 Å². The van der Waals surface area contributed by atoms with E-state index in [-0.39, 0.29) is 29.6 Å². The van der Waals surface area contributed by atoms with Crippen LogP contribution in [0.4, 0.5) is 0 Å². The monoisotopic (exact) mass is 142 g/mol. The molecule has 1 heterocycles. The standard InChI is InChI=1S/C2H2N2S2.Na.H/c5-2-1-6-4-3-2;;/h1,5H;;. The van der Waals surface area contributed by atoms with E-state index in [0.717, 1.165) is 0 Å². The van der Waals surface area contributed by atoms with E-state index < -0.39 is 0 Å². The topological polar surface area (TPSA) is 25.8 Å². The van der Waals surface area contributed by atoms with Crippen LogP contribution in [-0.4, -0.2) is 39.1 Å². The second kappa shape index (κ2) is 3.86. The Morgan fingerprint density at radius 2 is 2.43 bits per heavy atom. The third kappa shape index (κ3) is 2.66. The van der Waals surface area contributed by atoms with Crippen molar-refractivity contribution in [2.24, 2.45) is 0 Å². The van der Waals surface area contributed by atoms with Crippen LogP contribution in [0.1, 0.15) is 0 Å². The molecule has 0 aromatic carbocycles. The number of hydrogen-bond acceptors (Lipinski definition) is 4. The van der Waals surface area contributed by atoms with Crippen LogP contribution in [0.3, 0.4) is 0 Å². The Bertz CT molecular complexity index is 117. The van der Waals surface area contributed by atoms with Gasteiger partial charge in [0.05, 0.1) is 0 Å². The van der Waals surface area contributed by atoms with Crippen molar-refractivity contribution < 1.29 is 0 Å². The number of nitrogens with zero attached hydrogens (tertiary/aromatic N) is 2. The maximum atomic E-state index is 3.87. The van der Waals surface area contributed by atoms with Crippen LogP contribution in [0.2, 0.25) is 0 Å². The molecule has 0 aliphatic rings. The Balaban J connectivity index is 0.000000360. The molecule has 0 aliphatic heterocycles. The van der Waals surface area contributed by atoms with Crippen LogP contribution in [0.15, 0.2) is 10.4 Å². The molecule has 0 saturated heterocycles. The summed E-state index contributed by atoms with van der Waals surface area (Å²) in [6.07, 6.45) is 0. The van der Waals surface area contributed by atoms with Gasteiger partial charge in [-0.3, -0.25) is 0 Å². The molecule has 0 atom stereocenters. The van der Waals surface area contributed by atoms with Gasteiger partial charge in [0.15, 0.2) is 0 Å². The Hall–Kier alpha value is 0.910. The molecule has 2 nitrogen and oxygen atoms in total. The van der Waals surface area contributed by atoms with Gasteiger partial charge in [0.25, 0.3) is 0 Å². The summed E-state index contributed by atoms with van der Waals surface area (Å²) in [4.78, 5) is 0. The fourth-order valence-corrected chi connectivity index (χ4v) is 0.730. The molecule has 0 N–H and O–H groups in total.